The molecule has 0 aliphatic rings. The van der Waals surface area contributed by atoms with Crippen LogP contribution in [0.1, 0.15) is 46.4 Å². The van der Waals surface area contributed by atoms with Crippen molar-refractivity contribution in [3.05, 3.63) is 71.8 Å². The summed E-state index contributed by atoms with van der Waals surface area (Å²) in [6.45, 7) is 3.99. The maximum absolute atomic E-state index is 12.3. The predicted octanol–water partition coefficient (Wildman–Crippen LogP) is 4.41. The first-order valence-electron chi connectivity index (χ1n) is 8.53. The Morgan fingerprint density at radius 1 is 1.19 bits per heavy atom. The van der Waals surface area contributed by atoms with Crippen LogP contribution in [0.3, 0.4) is 0 Å². The first kappa shape index (κ1) is 18.4. The number of rotatable bonds is 6. The van der Waals surface area contributed by atoms with E-state index in [2.05, 4.69) is 5.10 Å². The fourth-order valence-electron chi connectivity index (χ4n) is 2.57. The van der Waals surface area contributed by atoms with E-state index in [0.717, 1.165) is 0 Å². The summed E-state index contributed by atoms with van der Waals surface area (Å²) in [5, 5.41) is 4.16. The number of hydrogen-bond donors (Lipinski definition) is 0. The number of hydrogen-bond acceptors (Lipinski definition) is 5. The van der Waals surface area contributed by atoms with Crippen LogP contribution in [0.5, 0.6) is 0 Å². The third kappa shape index (κ3) is 4.06. The van der Waals surface area contributed by atoms with Crippen molar-refractivity contribution in [1.82, 2.24) is 9.78 Å². The van der Waals surface area contributed by atoms with Gasteiger partial charge in [0.15, 0.2) is 5.78 Å². The van der Waals surface area contributed by atoms with Crippen molar-refractivity contribution in [2.24, 2.45) is 0 Å². The average molecular weight is 364 g/mol. The zero-order valence-corrected chi connectivity index (χ0v) is 15.4. The molecule has 3 aromatic rings. The summed E-state index contributed by atoms with van der Waals surface area (Å²) >= 11 is 0. The molecule has 27 heavy (non-hydrogen) atoms. The van der Waals surface area contributed by atoms with Gasteiger partial charge in [-0.25, -0.2) is 4.79 Å². The number of esters is 1. The molecule has 0 amide bonds. The molecule has 2 aromatic heterocycles. The number of ketones is 1. The van der Waals surface area contributed by atoms with E-state index < -0.39 is 5.97 Å². The second kappa shape index (κ2) is 7.86. The number of benzene rings is 1. The van der Waals surface area contributed by atoms with Crippen molar-refractivity contribution in [2.45, 2.75) is 19.9 Å². The van der Waals surface area contributed by atoms with Crippen LogP contribution in [-0.4, -0.2) is 28.6 Å². The molecule has 138 valence electrons. The van der Waals surface area contributed by atoms with Crippen LogP contribution in [0, 0.1) is 0 Å². The zero-order chi connectivity index (χ0) is 19.4. The normalized spacial score (nSPS) is 11.3. The number of nitrogens with zero attached hydrogens (tertiary/aromatic N) is 2. The van der Waals surface area contributed by atoms with E-state index in [1.54, 1.807) is 53.5 Å². The Kier molecular flexibility index (Phi) is 5.35. The van der Waals surface area contributed by atoms with Crippen molar-refractivity contribution >= 4 is 17.8 Å². The summed E-state index contributed by atoms with van der Waals surface area (Å²) < 4.78 is 12.3. The van der Waals surface area contributed by atoms with Crippen molar-refractivity contribution in [3.63, 3.8) is 0 Å². The molecule has 0 saturated carbocycles. The van der Waals surface area contributed by atoms with Gasteiger partial charge in [-0.2, -0.15) is 5.10 Å². The Labute approximate surface area is 157 Å². The number of aromatic nitrogens is 2. The summed E-state index contributed by atoms with van der Waals surface area (Å²) in [5.41, 5.74) is 1.57. The monoisotopic (exact) mass is 364 g/mol. The van der Waals surface area contributed by atoms with E-state index >= 15 is 0 Å². The minimum Gasteiger partial charge on any atom is -0.465 e. The van der Waals surface area contributed by atoms with Gasteiger partial charge < -0.3 is 9.15 Å². The lowest BCUT2D eigenvalue weighted by Crippen LogP contribution is -2.02. The van der Waals surface area contributed by atoms with Crippen LogP contribution in [0.4, 0.5) is 0 Å². The summed E-state index contributed by atoms with van der Waals surface area (Å²) in [6, 6.07) is 10.7. The zero-order valence-electron chi connectivity index (χ0n) is 15.4. The van der Waals surface area contributed by atoms with Crippen molar-refractivity contribution < 1.29 is 18.7 Å². The smallest absolute Gasteiger partial charge is 0.338 e. The lowest BCUT2D eigenvalue weighted by Gasteiger charge is -2.04. The highest BCUT2D eigenvalue weighted by Gasteiger charge is 2.15. The summed E-state index contributed by atoms with van der Waals surface area (Å²) in [7, 11) is 1.34. The molecule has 0 unspecified atom stereocenters. The average Bonchev–Trinajstić information content (AvgIpc) is 3.35. The van der Waals surface area contributed by atoms with Crippen LogP contribution < -0.4 is 0 Å². The lowest BCUT2D eigenvalue weighted by atomic mass is 10.1. The third-order valence-electron chi connectivity index (χ3n) is 4.04. The van der Waals surface area contributed by atoms with Gasteiger partial charge in [0.1, 0.15) is 11.5 Å². The van der Waals surface area contributed by atoms with E-state index in [4.69, 9.17) is 9.15 Å². The molecule has 6 nitrogen and oxygen atoms in total. The second-order valence-corrected chi connectivity index (χ2v) is 6.24. The van der Waals surface area contributed by atoms with Gasteiger partial charge in [-0.3, -0.25) is 9.48 Å². The van der Waals surface area contributed by atoms with Crippen LogP contribution in [0.25, 0.3) is 17.4 Å². The molecule has 6 heteroatoms. The summed E-state index contributed by atoms with van der Waals surface area (Å²) in [4.78, 5) is 24.2. The third-order valence-corrected chi connectivity index (χ3v) is 4.04. The first-order valence-corrected chi connectivity index (χ1v) is 8.53. The van der Waals surface area contributed by atoms with Crippen LogP contribution in [0.2, 0.25) is 0 Å². The molecule has 1 aromatic carbocycles. The van der Waals surface area contributed by atoms with Crippen molar-refractivity contribution in [3.8, 4) is 11.3 Å². The molecule has 3 rings (SSSR count). The van der Waals surface area contributed by atoms with Gasteiger partial charge in [-0.05, 0) is 44.2 Å². The van der Waals surface area contributed by atoms with E-state index in [0.29, 0.717) is 28.2 Å². The molecule has 0 atom stereocenters. The van der Waals surface area contributed by atoms with Gasteiger partial charge in [-0.1, -0.05) is 18.2 Å². The molecule has 0 aliphatic heterocycles. The molecule has 0 bridgehead atoms. The summed E-state index contributed by atoms with van der Waals surface area (Å²) in [6.07, 6.45) is 6.31. The lowest BCUT2D eigenvalue weighted by molar-refractivity contribution is 0.0601. The predicted molar refractivity (Wildman–Crippen MR) is 101 cm³/mol. The van der Waals surface area contributed by atoms with Crippen molar-refractivity contribution in [2.75, 3.05) is 7.11 Å². The van der Waals surface area contributed by atoms with Gasteiger partial charge in [-0.15, -0.1) is 0 Å². The highest BCUT2D eigenvalue weighted by Crippen LogP contribution is 2.27. The largest absolute Gasteiger partial charge is 0.465 e. The molecule has 0 saturated heterocycles. The minimum atomic E-state index is -0.434. The Morgan fingerprint density at radius 2 is 1.96 bits per heavy atom. The van der Waals surface area contributed by atoms with Gasteiger partial charge in [0.2, 0.25) is 0 Å². The molecular formula is C21H20N2O4. The fraction of sp³-hybridized carbons (Fsp3) is 0.190. The Bertz CT molecular complexity index is 995. The van der Waals surface area contributed by atoms with Crippen LogP contribution in [-0.2, 0) is 4.74 Å². The number of furan rings is 1. The molecule has 0 N–H and O–H groups in total. The van der Waals surface area contributed by atoms with Gasteiger partial charge >= 0.3 is 5.97 Å². The number of allylic oxidation sites excluding steroid dienone is 1. The van der Waals surface area contributed by atoms with Crippen LogP contribution >= 0.6 is 0 Å². The standard InChI is InChI=1S/C21H20N2O4/c1-14(2)23-13-15(12-22-23)19(24)10-8-16-9-11-20(27-16)17-6-4-5-7-18(17)21(25)26-3/h4-14H,1-3H3/b10-8+. The molecule has 0 fully saturated rings. The second-order valence-electron chi connectivity index (χ2n) is 6.24. The van der Waals surface area contributed by atoms with E-state index in [-0.39, 0.29) is 11.8 Å². The number of methoxy groups -OCH3 is 1. The topological polar surface area (TPSA) is 74.3 Å². The van der Waals surface area contributed by atoms with Crippen molar-refractivity contribution in [1.29, 1.82) is 0 Å². The fourth-order valence-corrected chi connectivity index (χ4v) is 2.57. The van der Waals surface area contributed by atoms with Crippen LogP contribution in [0.15, 0.2) is 59.3 Å². The SMILES string of the molecule is COC(=O)c1ccccc1-c1ccc(/C=C/C(=O)c2cnn(C(C)C)c2)o1. The van der Waals surface area contributed by atoms with Gasteiger partial charge in [0.05, 0.1) is 24.4 Å². The highest BCUT2D eigenvalue weighted by atomic mass is 16.5. The Morgan fingerprint density at radius 3 is 2.67 bits per heavy atom. The highest BCUT2D eigenvalue weighted by molar-refractivity contribution is 6.06. The number of ether oxygens (including phenoxy) is 1. The number of carbonyl (C=O) groups is 2. The minimum absolute atomic E-state index is 0.158. The van der Waals surface area contributed by atoms with E-state index in [9.17, 15) is 9.59 Å². The van der Waals surface area contributed by atoms with Gasteiger partial charge in [0, 0.05) is 17.8 Å². The van der Waals surface area contributed by atoms with E-state index in [1.807, 2.05) is 19.9 Å². The Hall–Kier alpha value is -3.41. The van der Waals surface area contributed by atoms with Gasteiger partial charge in [0.25, 0.3) is 0 Å². The quantitative estimate of drug-likeness (QED) is 0.368. The molecule has 0 radical (unpaired) electrons. The molecule has 2 heterocycles. The summed E-state index contributed by atoms with van der Waals surface area (Å²) in [5.74, 6) is 0.441. The maximum atomic E-state index is 12.3. The number of carbonyl (C=O) groups excluding carboxylic acids is 2. The first-order chi connectivity index (χ1) is 13.0. The molecule has 0 spiro atoms. The Balaban J connectivity index is 1.79. The maximum Gasteiger partial charge on any atom is 0.338 e. The molecular weight excluding hydrogens is 344 g/mol. The molecule has 0 aliphatic carbocycles. The van der Waals surface area contributed by atoms with E-state index in [1.165, 1.54) is 13.2 Å².